The lowest BCUT2D eigenvalue weighted by atomic mass is 10.2. The number of terminal acetylenes is 1. The highest BCUT2D eigenvalue weighted by atomic mass is 16.5. The van der Waals surface area contributed by atoms with Crippen LogP contribution in [0.3, 0.4) is 0 Å². The molecule has 0 saturated carbocycles. The second-order valence-electron chi connectivity index (χ2n) is 2.56. The fourth-order valence-electron chi connectivity index (χ4n) is 0.846. The van der Waals surface area contributed by atoms with E-state index in [-0.39, 0.29) is 6.10 Å². The Morgan fingerprint density at radius 3 is 2.46 bits per heavy atom. The predicted octanol–water partition coefficient (Wildman–Crippen LogP) is 1.96. The minimum absolute atomic E-state index is 0.243. The fraction of sp³-hybridized carbons (Fsp3) is 0.182. The molecule has 2 heteroatoms. The molecule has 0 saturated heterocycles. The molecule has 0 aliphatic rings. The number of hydrogen-bond acceptors (Lipinski definition) is 2. The maximum atomic E-state index is 8.53. The Kier molecular flexibility index (Phi) is 2.95. The van der Waals surface area contributed by atoms with Crippen LogP contribution in [0.15, 0.2) is 24.3 Å². The largest absolute Gasteiger partial charge is 0.478 e. The highest BCUT2D eigenvalue weighted by Gasteiger charge is 1.98. The first-order chi connectivity index (χ1) is 6.26. The third-order valence-corrected chi connectivity index (χ3v) is 1.53. The van der Waals surface area contributed by atoms with Crippen LogP contribution < -0.4 is 4.74 Å². The van der Waals surface area contributed by atoms with Gasteiger partial charge in [-0.25, -0.2) is 0 Å². The average Bonchev–Trinajstić information content (AvgIpc) is 2.19. The van der Waals surface area contributed by atoms with Crippen LogP contribution in [0.4, 0.5) is 0 Å². The van der Waals surface area contributed by atoms with Crippen molar-refractivity contribution in [3.05, 3.63) is 29.8 Å². The van der Waals surface area contributed by atoms with E-state index in [0.717, 1.165) is 0 Å². The van der Waals surface area contributed by atoms with Gasteiger partial charge in [-0.2, -0.15) is 5.26 Å². The third kappa shape index (κ3) is 2.54. The molecule has 0 aliphatic heterocycles. The Morgan fingerprint density at radius 1 is 1.38 bits per heavy atom. The van der Waals surface area contributed by atoms with Crippen molar-refractivity contribution in [2.45, 2.75) is 13.0 Å². The molecule has 1 aromatic rings. The van der Waals surface area contributed by atoms with Gasteiger partial charge in [-0.3, -0.25) is 0 Å². The summed E-state index contributed by atoms with van der Waals surface area (Å²) in [4.78, 5) is 0. The van der Waals surface area contributed by atoms with E-state index in [1.807, 2.05) is 6.07 Å². The molecule has 1 unspecified atom stereocenters. The summed E-state index contributed by atoms with van der Waals surface area (Å²) < 4.78 is 5.32. The molecule has 0 fully saturated rings. The molecular weight excluding hydrogens is 162 g/mol. The summed E-state index contributed by atoms with van der Waals surface area (Å²) in [6.45, 7) is 1.79. The van der Waals surface area contributed by atoms with Gasteiger partial charge in [0.2, 0.25) is 0 Å². The number of nitrogens with zero attached hydrogens (tertiary/aromatic N) is 1. The quantitative estimate of drug-likeness (QED) is 0.637. The molecule has 0 amide bonds. The Morgan fingerprint density at radius 2 is 2.00 bits per heavy atom. The molecule has 0 N–H and O–H groups in total. The van der Waals surface area contributed by atoms with E-state index in [2.05, 4.69) is 5.92 Å². The first kappa shape index (κ1) is 9.16. The van der Waals surface area contributed by atoms with Crippen molar-refractivity contribution < 1.29 is 4.74 Å². The Hall–Kier alpha value is -1.93. The van der Waals surface area contributed by atoms with Crippen LogP contribution in [0.25, 0.3) is 0 Å². The first-order valence-electron chi connectivity index (χ1n) is 3.89. The van der Waals surface area contributed by atoms with E-state index >= 15 is 0 Å². The van der Waals surface area contributed by atoms with Gasteiger partial charge in [0.15, 0.2) is 6.10 Å². The molecule has 2 nitrogen and oxygen atoms in total. The predicted molar refractivity (Wildman–Crippen MR) is 50.1 cm³/mol. The van der Waals surface area contributed by atoms with Crippen molar-refractivity contribution in [2.24, 2.45) is 0 Å². The molecule has 0 bridgehead atoms. The summed E-state index contributed by atoms with van der Waals surface area (Å²) in [7, 11) is 0. The minimum atomic E-state index is -0.243. The number of rotatable bonds is 2. The highest BCUT2D eigenvalue weighted by molar-refractivity contribution is 5.34. The van der Waals surface area contributed by atoms with E-state index in [1.54, 1.807) is 31.2 Å². The number of hydrogen-bond donors (Lipinski definition) is 0. The topological polar surface area (TPSA) is 33.0 Å². The van der Waals surface area contributed by atoms with Crippen LogP contribution in [-0.4, -0.2) is 6.10 Å². The average molecular weight is 171 g/mol. The second-order valence-corrected chi connectivity index (χ2v) is 2.56. The first-order valence-corrected chi connectivity index (χ1v) is 3.89. The summed E-state index contributed by atoms with van der Waals surface area (Å²) >= 11 is 0. The summed E-state index contributed by atoms with van der Waals surface area (Å²) in [5.74, 6) is 3.14. The Balaban J connectivity index is 2.72. The van der Waals surface area contributed by atoms with Gasteiger partial charge < -0.3 is 4.74 Å². The van der Waals surface area contributed by atoms with Crippen molar-refractivity contribution in [1.29, 1.82) is 5.26 Å². The van der Waals surface area contributed by atoms with E-state index in [1.165, 1.54) is 0 Å². The van der Waals surface area contributed by atoms with Crippen molar-refractivity contribution in [3.8, 4) is 24.2 Å². The normalized spacial score (nSPS) is 11.0. The van der Waals surface area contributed by atoms with Gasteiger partial charge in [-0.1, -0.05) is 5.92 Å². The summed E-state index contributed by atoms with van der Waals surface area (Å²) in [6, 6.07) is 8.87. The van der Waals surface area contributed by atoms with Crippen molar-refractivity contribution in [2.75, 3.05) is 0 Å². The molecule has 0 aliphatic carbocycles. The highest BCUT2D eigenvalue weighted by Crippen LogP contribution is 2.12. The number of ether oxygens (including phenoxy) is 1. The Bertz CT molecular complexity index is 353. The number of nitriles is 1. The molecular formula is C11H9NO. The smallest absolute Gasteiger partial charge is 0.156 e. The molecule has 1 rings (SSSR count). The van der Waals surface area contributed by atoms with E-state index in [9.17, 15) is 0 Å². The molecule has 0 heterocycles. The molecule has 0 radical (unpaired) electrons. The second kappa shape index (κ2) is 4.18. The maximum Gasteiger partial charge on any atom is 0.156 e. The zero-order valence-corrected chi connectivity index (χ0v) is 7.32. The van der Waals surface area contributed by atoms with Crippen LogP contribution in [0.1, 0.15) is 12.5 Å². The Labute approximate surface area is 77.8 Å². The van der Waals surface area contributed by atoms with E-state index in [4.69, 9.17) is 16.4 Å². The van der Waals surface area contributed by atoms with Gasteiger partial charge >= 0.3 is 0 Å². The van der Waals surface area contributed by atoms with Crippen LogP contribution in [0, 0.1) is 23.7 Å². The van der Waals surface area contributed by atoms with Gasteiger partial charge in [-0.15, -0.1) is 6.42 Å². The molecule has 0 spiro atoms. The zero-order valence-electron chi connectivity index (χ0n) is 7.32. The van der Waals surface area contributed by atoms with Crippen LogP contribution in [0.5, 0.6) is 5.75 Å². The molecule has 1 atom stereocenters. The van der Waals surface area contributed by atoms with Crippen LogP contribution in [0.2, 0.25) is 0 Å². The van der Waals surface area contributed by atoms with Crippen LogP contribution >= 0.6 is 0 Å². The van der Waals surface area contributed by atoms with Gasteiger partial charge in [0.25, 0.3) is 0 Å². The summed E-state index contributed by atoms with van der Waals surface area (Å²) in [5.41, 5.74) is 0.612. The summed E-state index contributed by atoms with van der Waals surface area (Å²) in [6.07, 6.45) is 4.91. The monoisotopic (exact) mass is 171 g/mol. The zero-order chi connectivity index (χ0) is 9.68. The van der Waals surface area contributed by atoms with Gasteiger partial charge in [0.1, 0.15) is 5.75 Å². The summed E-state index contributed by atoms with van der Waals surface area (Å²) in [5, 5.41) is 8.53. The van der Waals surface area contributed by atoms with Crippen LogP contribution in [-0.2, 0) is 0 Å². The lowest BCUT2D eigenvalue weighted by molar-refractivity contribution is 0.279. The lowest BCUT2D eigenvalue weighted by Crippen LogP contribution is -2.07. The van der Waals surface area contributed by atoms with E-state index < -0.39 is 0 Å². The third-order valence-electron chi connectivity index (χ3n) is 1.53. The fourth-order valence-corrected chi connectivity index (χ4v) is 0.846. The van der Waals surface area contributed by atoms with Gasteiger partial charge in [0.05, 0.1) is 11.6 Å². The van der Waals surface area contributed by atoms with Gasteiger partial charge in [-0.05, 0) is 31.2 Å². The minimum Gasteiger partial charge on any atom is -0.478 e. The molecule has 13 heavy (non-hydrogen) atoms. The van der Waals surface area contributed by atoms with Crippen molar-refractivity contribution >= 4 is 0 Å². The van der Waals surface area contributed by atoms with Crippen molar-refractivity contribution in [1.82, 2.24) is 0 Å². The van der Waals surface area contributed by atoms with Crippen molar-refractivity contribution in [3.63, 3.8) is 0 Å². The van der Waals surface area contributed by atoms with E-state index in [0.29, 0.717) is 11.3 Å². The maximum absolute atomic E-state index is 8.53. The lowest BCUT2D eigenvalue weighted by Gasteiger charge is -2.07. The molecule has 1 aromatic carbocycles. The number of benzene rings is 1. The molecule has 0 aromatic heterocycles. The standard InChI is InChI=1S/C11H9NO/c1-3-9(2)13-11-6-4-10(8-12)5-7-11/h1,4-7,9H,2H3. The SMILES string of the molecule is C#CC(C)Oc1ccc(C#N)cc1. The van der Waals surface area contributed by atoms with Gasteiger partial charge in [0, 0.05) is 0 Å². The molecule has 64 valence electrons.